The summed E-state index contributed by atoms with van der Waals surface area (Å²) in [6.45, 7) is 0. The van der Waals surface area contributed by atoms with Gasteiger partial charge in [0.2, 0.25) is 5.43 Å². The van der Waals surface area contributed by atoms with Gasteiger partial charge in [0.15, 0.2) is 5.78 Å². The minimum absolute atomic E-state index is 0.131. The first-order valence-electron chi connectivity index (χ1n) is 5.83. The highest BCUT2D eigenvalue weighted by Gasteiger charge is 2.14. The first kappa shape index (κ1) is 11.3. The molecule has 0 spiro atoms. The van der Waals surface area contributed by atoms with E-state index in [-0.39, 0.29) is 16.8 Å². The van der Waals surface area contributed by atoms with Crippen LogP contribution in [0.1, 0.15) is 15.9 Å². The largest absolute Gasteiger partial charge is 0.345 e. The summed E-state index contributed by atoms with van der Waals surface area (Å²) in [5, 5.41) is 0.421. The molecular formula is C15H10N2O2. The Labute approximate surface area is 108 Å². The van der Waals surface area contributed by atoms with Gasteiger partial charge >= 0.3 is 0 Å². The predicted octanol–water partition coefficient (Wildman–Crippen LogP) is 2.15. The maximum absolute atomic E-state index is 12.3. The molecular weight excluding hydrogens is 240 g/mol. The molecule has 1 aromatic carbocycles. The highest BCUT2D eigenvalue weighted by atomic mass is 16.1. The fraction of sp³-hybridized carbons (Fsp3) is 0. The van der Waals surface area contributed by atoms with Crippen LogP contribution in [-0.2, 0) is 0 Å². The molecule has 92 valence electrons. The average molecular weight is 250 g/mol. The van der Waals surface area contributed by atoms with Crippen molar-refractivity contribution in [3.63, 3.8) is 0 Å². The molecule has 0 saturated carbocycles. The van der Waals surface area contributed by atoms with Crippen LogP contribution in [0.3, 0.4) is 0 Å². The second-order valence-corrected chi connectivity index (χ2v) is 4.13. The molecule has 0 amide bonds. The molecule has 0 aliphatic rings. The van der Waals surface area contributed by atoms with E-state index >= 15 is 0 Å². The third kappa shape index (κ3) is 1.93. The Bertz CT molecular complexity index is 807. The molecule has 1 N–H and O–H groups in total. The van der Waals surface area contributed by atoms with Crippen LogP contribution >= 0.6 is 0 Å². The quantitative estimate of drug-likeness (QED) is 0.709. The van der Waals surface area contributed by atoms with E-state index in [1.807, 2.05) is 6.07 Å². The minimum Gasteiger partial charge on any atom is -0.345 e. The van der Waals surface area contributed by atoms with Gasteiger partial charge in [-0.15, -0.1) is 0 Å². The Morgan fingerprint density at radius 2 is 1.84 bits per heavy atom. The zero-order valence-electron chi connectivity index (χ0n) is 9.96. The molecule has 4 nitrogen and oxygen atoms in total. The topological polar surface area (TPSA) is 62.8 Å². The number of hydrogen-bond donors (Lipinski definition) is 1. The summed E-state index contributed by atoms with van der Waals surface area (Å²) in [6, 6.07) is 12.1. The van der Waals surface area contributed by atoms with Crippen molar-refractivity contribution in [2.75, 3.05) is 0 Å². The lowest BCUT2D eigenvalue weighted by Gasteiger charge is -2.02. The van der Waals surface area contributed by atoms with Crippen molar-refractivity contribution in [1.82, 2.24) is 9.97 Å². The molecule has 2 aromatic heterocycles. The van der Waals surface area contributed by atoms with Crippen LogP contribution in [0, 0.1) is 0 Å². The first-order chi connectivity index (χ1) is 9.27. The Balaban J connectivity index is 2.19. The summed E-state index contributed by atoms with van der Waals surface area (Å²) >= 11 is 0. The van der Waals surface area contributed by atoms with Crippen LogP contribution in [0.2, 0.25) is 0 Å². The minimum atomic E-state index is -0.296. The van der Waals surface area contributed by atoms with Crippen molar-refractivity contribution in [1.29, 1.82) is 0 Å². The Morgan fingerprint density at radius 3 is 2.63 bits per heavy atom. The molecule has 19 heavy (non-hydrogen) atoms. The molecule has 0 atom stereocenters. The summed E-state index contributed by atoms with van der Waals surface area (Å²) in [4.78, 5) is 31.5. The van der Waals surface area contributed by atoms with Crippen LogP contribution in [0.25, 0.3) is 11.0 Å². The van der Waals surface area contributed by atoms with Gasteiger partial charge in [-0.3, -0.25) is 9.59 Å². The zero-order valence-corrected chi connectivity index (χ0v) is 9.96. The van der Waals surface area contributed by atoms with Crippen LogP contribution in [0.4, 0.5) is 0 Å². The van der Waals surface area contributed by atoms with Gasteiger partial charge in [-0.2, -0.15) is 0 Å². The Morgan fingerprint density at radius 1 is 1.05 bits per heavy atom. The number of carbonyl (C=O) groups excluding carboxylic acids is 1. The van der Waals surface area contributed by atoms with E-state index in [9.17, 15) is 9.59 Å². The van der Waals surface area contributed by atoms with Gasteiger partial charge in [0.1, 0.15) is 5.65 Å². The van der Waals surface area contributed by atoms with Crippen LogP contribution in [-0.4, -0.2) is 15.8 Å². The fourth-order valence-electron chi connectivity index (χ4n) is 1.97. The van der Waals surface area contributed by atoms with E-state index in [1.165, 1.54) is 6.20 Å². The number of pyridine rings is 2. The van der Waals surface area contributed by atoms with E-state index in [4.69, 9.17) is 0 Å². The highest BCUT2D eigenvalue weighted by Crippen LogP contribution is 2.09. The lowest BCUT2D eigenvalue weighted by Crippen LogP contribution is -2.16. The smallest absolute Gasteiger partial charge is 0.202 e. The normalized spacial score (nSPS) is 10.5. The van der Waals surface area contributed by atoms with Gasteiger partial charge in [-0.25, -0.2) is 4.98 Å². The van der Waals surface area contributed by atoms with Crippen molar-refractivity contribution in [2.24, 2.45) is 0 Å². The van der Waals surface area contributed by atoms with E-state index in [0.29, 0.717) is 16.6 Å². The van der Waals surface area contributed by atoms with Gasteiger partial charge in [-0.05, 0) is 12.1 Å². The van der Waals surface area contributed by atoms with Crippen molar-refractivity contribution in [3.05, 3.63) is 76.2 Å². The number of benzene rings is 1. The SMILES string of the molecule is O=C(c1ccccc1)c1c[nH]c2ncccc2c1=O. The summed E-state index contributed by atoms with van der Waals surface area (Å²) in [7, 11) is 0. The third-order valence-electron chi connectivity index (χ3n) is 2.93. The lowest BCUT2D eigenvalue weighted by molar-refractivity contribution is 0.103. The second-order valence-electron chi connectivity index (χ2n) is 4.13. The number of ketones is 1. The number of aromatic nitrogens is 2. The molecule has 0 saturated heterocycles. The average Bonchev–Trinajstić information content (AvgIpc) is 2.48. The number of aromatic amines is 1. The number of nitrogens with one attached hydrogen (secondary N) is 1. The molecule has 0 unspecified atom stereocenters. The van der Waals surface area contributed by atoms with Crippen molar-refractivity contribution in [2.45, 2.75) is 0 Å². The molecule has 0 fully saturated rings. The van der Waals surface area contributed by atoms with Crippen molar-refractivity contribution in [3.8, 4) is 0 Å². The number of carbonyl (C=O) groups is 1. The second kappa shape index (κ2) is 4.49. The highest BCUT2D eigenvalue weighted by molar-refractivity contribution is 6.09. The number of hydrogen-bond acceptors (Lipinski definition) is 3. The number of rotatable bonds is 2. The Kier molecular flexibility index (Phi) is 2.68. The molecule has 0 radical (unpaired) electrons. The molecule has 2 heterocycles. The standard InChI is InChI=1S/C15H10N2O2/c18-13(10-5-2-1-3-6-10)12-9-17-15-11(14(12)19)7-4-8-16-15/h1-9H,(H,16,17,19). The number of nitrogens with zero attached hydrogens (tertiary/aromatic N) is 1. The monoisotopic (exact) mass is 250 g/mol. The van der Waals surface area contributed by atoms with E-state index in [2.05, 4.69) is 9.97 Å². The maximum atomic E-state index is 12.3. The predicted molar refractivity (Wildman–Crippen MR) is 72.2 cm³/mol. The van der Waals surface area contributed by atoms with Gasteiger partial charge in [0.05, 0.1) is 10.9 Å². The van der Waals surface area contributed by atoms with E-state index in [0.717, 1.165) is 0 Å². The van der Waals surface area contributed by atoms with Crippen LogP contribution in [0.15, 0.2) is 59.7 Å². The lowest BCUT2D eigenvalue weighted by atomic mass is 10.0. The fourth-order valence-corrected chi connectivity index (χ4v) is 1.97. The number of H-pyrrole nitrogens is 1. The van der Waals surface area contributed by atoms with E-state index in [1.54, 1.807) is 42.6 Å². The molecule has 0 bridgehead atoms. The summed E-state index contributed by atoms with van der Waals surface area (Å²) in [6.07, 6.45) is 3.02. The molecule has 4 heteroatoms. The van der Waals surface area contributed by atoms with Crippen LogP contribution < -0.4 is 5.43 Å². The van der Waals surface area contributed by atoms with Gasteiger partial charge in [0, 0.05) is 18.0 Å². The molecule has 3 rings (SSSR count). The van der Waals surface area contributed by atoms with Crippen LogP contribution in [0.5, 0.6) is 0 Å². The van der Waals surface area contributed by atoms with Crippen molar-refractivity contribution >= 4 is 16.8 Å². The molecule has 0 aliphatic heterocycles. The summed E-state index contributed by atoms with van der Waals surface area (Å²) < 4.78 is 0. The van der Waals surface area contributed by atoms with Gasteiger partial charge < -0.3 is 4.98 Å². The van der Waals surface area contributed by atoms with Gasteiger partial charge in [0.25, 0.3) is 0 Å². The molecule has 0 aliphatic carbocycles. The first-order valence-corrected chi connectivity index (χ1v) is 5.83. The zero-order chi connectivity index (χ0) is 13.2. The third-order valence-corrected chi connectivity index (χ3v) is 2.93. The number of fused-ring (bicyclic) bond motifs is 1. The molecule has 3 aromatic rings. The van der Waals surface area contributed by atoms with E-state index < -0.39 is 0 Å². The Hall–Kier alpha value is -2.75. The van der Waals surface area contributed by atoms with Gasteiger partial charge in [-0.1, -0.05) is 30.3 Å². The summed E-state index contributed by atoms with van der Waals surface area (Å²) in [5.41, 5.74) is 0.816. The summed E-state index contributed by atoms with van der Waals surface area (Å²) in [5.74, 6) is -0.285. The van der Waals surface area contributed by atoms with Crippen molar-refractivity contribution < 1.29 is 4.79 Å². The maximum Gasteiger partial charge on any atom is 0.202 e.